The third-order valence-corrected chi connectivity index (χ3v) is 8.35. The highest BCUT2D eigenvalue weighted by molar-refractivity contribution is 7.89. The van der Waals surface area contributed by atoms with Gasteiger partial charge in [-0.25, -0.2) is 13.2 Å². The van der Waals surface area contributed by atoms with Gasteiger partial charge in [0.15, 0.2) is 0 Å². The van der Waals surface area contributed by atoms with Crippen LogP contribution in [0.5, 0.6) is 0 Å². The van der Waals surface area contributed by atoms with Gasteiger partial charge in [0.1, 0.15) is 0 Å². The van der Waals surface area contributed by atoms with Crippen molar-refractivity contribution in [3.05, 3.63) is 65.2 Å². The van der Waals surface area contributed by atoms with E-state index in [1.54, 1.807) is 11.0 Å². The molecule has 2 aromatic rings. The van der Waals surface area contributed by atoms with Crippen LogP contribution in [-0.2, 0) is 15.4 Å². The number of amides is 2. The fourth-order valence-corrected chi connectivity index (χ4v) is 5.85. The first-order valence-electron chi connectivity index (χ1n) is 10.5. The number of hydrogen-bond acceptors (Lipinski definition) is 3. The van der Waals surface area contributed by atoms with Gasteiger partial charge in [-0.3, -0.25) is 0 Å². The van der Waals surface area contributed by atoms with Crippen molar-refractivity contribution < 1.29 is 13.2 Å². The van der Waals surface area contributed by atoms with Crippen LogP contribution in [0, 0.1) is 13.8 Å². The lowest BCUT2D eigenvalue weighted by molar-refractivity contribution is 0.171. The molecule has 0 unspecified atom stereocenters. The lowest BCUT2D eigenvalue weighted by atomic mass is 9.96. The largest absolute Gasteiger partial charge is 0.337 e. The molecule has 0 bridgehead atoms. The van der Waals surface area contributed by atoms with E-state index in [2.05, 4.69) is 17.4 Å². The smallest absolute Gasteiger partial charge is 0.317 e. The summed E-state index contributed by atoms with van der Waals surface area (Å²) in [5.74, 6) is 0. The van der Waals surface area contributed by atoms with Gasteiger partial charge in [-0.05, 0) is 43.9 Å². The molecule has 4 rings (SSSR count). The lowest BCUT2D eigenvalue weighted by Gasteiger charge is -2.34. The Morgan fingerprint density at radius 3 is 2.27 bits per heavy atom. The van der Waals surface area contributed by atoms with Crippen LogP contribution < -0.4 is 5.32 Å². The summed E-state index contributed by atoms with van der Waals surface area (Å²) < 4.78 is 27.5. The van der Waals surface area contributed by atoms with Gasteiger partial charge in [0.25, 0.3) is 0 Å². The van der Waals surface area contributed by atoms with Crippen LogP contribution in [-0.4, -0.2) is 56.4 Å². The summed E-state index contributed by atoms with van der Waals surface area (Å²) >= 11 is 0. The Morgan fingerprint density at radius 1 is 1.00 bits per heavy atom. The molecule has 1 aliphatic carbocycles. The van der Waals surface area contributed by atoms with Crippen molar-refractivity contribution in [1.82, 2.24) is 14.5 Å². The average molecular weight is 428 g/mol. The van der Waals surface area contributed by atoms with Crippen LogP contribution in [0.15, 0.2) is 53.4 Å². The van der Waals surface area contributed by atoms with Crippen LogP contribution >= 0.6 is 0 Å². The molecule has 0 aromatic heterocycles. The Balaban J connectivity index is 1.34. The summed E-state index contributed by atoms with van der Waals surface area (Å²) in [4.78, 5) is 14.7. The van der Waals surface area contributed by atoms with Crippen LogP contribution in [0.1, 0.15) is 29.5 Å². The standard InChI is InChI=1S/C23H29N3O3S/c1-18-8-9-21(19(2)16-18)30(28,29)26-14-12-25(13-15-26)22(27)24-17-23(10-11-23)20-6-4-3-5-7-20/h3-9,16H,10-15,17H2,1-2H3,(H,24,27). The van der Waals surface area contributed by atoms with Crippen molar-refractivity contribution in [2.24, 2.45) is 0 Å². The van der Waals surface area contributed by atoms with E-state index in [1.807, 2.05) is 44.2 Å². The molecule has 1 N–H and O–H groups in total. The van der Waals surface area contributed by atoms with Crippen LogP contribution in [0.25, 0.3) is 0 Å². The molecule has 1 aliphatic heterocycles. The highest BCUT2D eigenvalue weighted by Gasteiger charge is 2.44. The third-order valence-electron chi connectivity index (χ3n) is 6.29. The molecule has 6 nitrogen and oxygen atoms in total. The molecule has 1 heterocycles. The molecular weight excluding hydrogens is 398 g/mol. The van der Waals surface area contributed by atoms with Crippen molar-refractivity contribution in [3.63, 3.8) is 0 Å². The average Bonchev–Trinajstić information content (AvgIpc) is 3.54. The molecule has 0 radical (unpaired) electrons. The van der Waals surface area contributed by atoms with E-state index in [9.17, 15) is 13.2 Å². The summed E-state index contributed by atoms with van der Waals surface area (Å²) in [6, 6.07) is 15.6. The minimum atomic E-state index is -3.55. The van der Waals surface area contributed by atoms with Gasteiger partial charge < -0.3 is 10.2 Å². The number of nitrogens with zero attached hydrogens (tertiary/aromatic N) is 2. The van der Waals surface area contributed by atoms with Gasteiger partial charge in [-0.1, -0.05) is 48.0 Å². The highest BCUT2D eigenvalue weighted by Crippen LogP contribution is 2.47. The van der Waals surface area contributed by atoms with Crippen LogP contribution in [0.3, 0.4) is 0 Å². The first-order chi connectivity index (χ1) is 14.3. The number of piperazine rings is 1. The molecular formula is C23H29N3O3S. The van der Waals surface area contributed by atoms with Gasteiger partial charge in [0, 0.05) is 38.1 Å². The Kier molecular flexibility index (Phi) is 5.59. The molecule has 0 atom stereocenters. The zero-order valence-electron chi connectivity index (χ0n) is 17.6. The zero-order valence-corrected chi connectivity index (χ0v) is 18.4. The number of rotatable bonds is 5. The van der Waals surface area contributed by atoms with Crippen molar-refractivity contribution in [1.29, 1.82) is 0 Å². The summed E-state index contributed by atoms with van der Waals surface area (Å²) in [5, 5.41) is 3.07. The van der Waals surface area contributed by atoms with Crippen molar-refractivity contribution in [2.45, 2.75) is 37.0 Å². The number of aryl methyl sites for hydroxylation is 2. The number of nitrogens with one attached hydrogen (secondary N) is 1. The van der Waals surface area contributed by atoms with E-state index < -0.39 is 10.0 Å². The molecule has 1 saturated heterocycles. The first kappa shape index (κ1) is 20.9. The van der Waals surface area contributed by atoms with Crippen LogP contribution in [0.4, 0.5) is 4.79 Å². The van der Waals surface area contributed by atoms with Gasteiger partial charge >= 0.3 is 6.03 Å². The summed E-state index contributed by atoms with van der Waals surface area (Å²) in [5.41, 5.74) is 3.13. The molecule has 2 amide bonds. The molecule has 7 heteroatoms. The molecule has 2 fully saturated rings. The Labute approximate surface area is 178 Å². The Hall–Kier alpha value is -2.38. The van der Waals surface area contributed by atoms with E-state index in [4.69, 9.17) is 0 Å². The van der Waals surface area contributed by atoms with Crippen LogP contribution in [0.2, 0.25) is 0 Å². The number of urea groups is 1. The van der Waals surface area contributed by atoms with Gasteiger partial charge in [-0.15, -0.1) is 0 Å². The van der Waals surface area contributed by atoms with Gasteiger partial charge in [-0.2, -0.15) is 4.31 Å². The number of sulfonamides is 1. The second-order valence-corrected chi connectivity index (χ2v) is 10.4. The number of hydrogen-bond donors (Lipinski definition) is 1. The lowest BCUT2D eigenvalue weighted by Crippen LogP contribution is -2.53. The maximum atomic E-state index is 13.0. The fourth-order valence-electron chi connectivity index (χ4n) is 4.23. The normalized spacial score (nSPS) is 18.8. The molecule has 2 aliphatic rings. The zero-order chi connectivity index (χ0) is 21.4. The highest BCUT2D eigenvalue weighted by atomic mass is 32.2. The molecule has 2 aromatic carbocycles. The monoisotopic (exact) mass is 427 g/mol. The van der Waals surface area contributed by atoms with Crippen molar-refractivity contribution >= 4 is 16.1 Å². The molecule has 30 heavy (non-hydrogen) atoms. The molecule has 160 valence electrons. The summed E-state index contributed by atoms with van der Waals surface area (Å²) in [6.45, 7) is 5.81. The maximum absolute atomic E-state index is 13.0. The minimum absolute atomic E-state index is 0.0606. The van der Waals surface area contributed by atoms with E-state index in [0.717, 1.165) is 24.0 Å². The second-order valence-electron chi connectivity index (χ2n) is 8.47. The minimum Gasteiger partial charge on any atom is -0.337 e. The molecule has 1 saturated carbocycles. The maximum Gasteiger partial charge on any atom is 0.317 e. The van der Waals surface area contributed by atoms with Gasteiger partial charge in [0.2, 0.25) is 10.0 Å². The Morgan fingerprint density at radius 2 is 1.67 bits per heavy atom. The van der Waals surface area contributed by atoms with E-state index in [0.29, 0.717) is 37.6 Å². The predicted molar refractivity (Wildman–Crippen MR) is 117 cm³/mol. The predicted octanol–water partition coefficient (Wildman–Crippen LogP) is 3.05. The second kappa shape index (κ2) is 8.04. The van der Waals surface area contributed by atoms with Crippen molar-refractivity contribution in [3.8, 4) is 0 Å². The summed E-state index contributed by atoms with van der Waals surface area (Å²) in [7, 11) is -3.55. The van der Waals surface area contributed by atoms with Crippen molar-refractivity contribution in [2.75, 3.05) is 32.7 Å². The topological polar surface area (TPSA) is 69.7 Å². The number of benzene rings is 2. The van der Waals surface area contributed by atoms with Gasteiger partial charge in [0.05, 0.1) is 4.90 Å². The van der Waals surface area contributed by atoms with E-state index in [-0.39, 0.29) is 11.4 Å². The molecule has 0 spiro atoms. The first-order valence-corrected chi connectivity index (χ1v) is 11.9. The quantitative estimate of drug-likeness (QED) is 0.797. The summed E-state index contributed by atoms with van der Waals surface area (Å²) in [6.07, 6.45) is 2.17. The number of carbonyl (C=O) groups excluding carboxylic acids is 1. The number of carbonyl (C=O) groups is 1. The fraction of sp³-hybridized carbons (Fsp3) is 0.435. The Bertz CT molecular complexity index is 1020. The van der Waals surface area contributed by atoms with E-state index in [1.165, 1.54) is 9.87 Å². The van der Waals surface area contributed by atoms with E-state index >= 15 is 0 Å². The SMILES string of the molecule is Cc1ccc(S(=O)(=O)N2CCN(C(=O)NCC3(c4ccccc4)CC3)CC2)c(C)c1. The third kappa shape index (κ3) is 4.09.